The maximum Gasteiger partial charge on any atom is 0.261 e. The van der Waals surface area contributed by atoms with Gasteiger partial charge in [0.1, 0.15) is 5.75 Å². The first-order valence-corrected chi connectivity index (χ1v) is 8.10. The number of ether oxygens (including phenoxy) is 1. The van der Waals surface area contributed by atoms with Crippen LogP contribution in [0.4, 0.5) is 0 Å². The highest BCUT2D eigenvalue weighted by molar-refractivity contribution is 5.89. The minimum atomic E-state index is -0.454. The van der Waals surface area contributed by atoms with E-state index in [9.17, 15) is 4.79 Å². The molecule has 0 spiro atoms. The van der Waals surface area contributed by atoms with Gasteiger partial charge in [-0.15, -0.1) is 0 Å². The van der Waals surface area contributed by atoms with Crippen molar-refractivity contribution < 1.29 is 9.53 Å². The van der Waals surface area contributed by atoms with Gasteiger partial charge >= 0.3 is 0 Å². The van der Waals surface area contributed by atoms with Crippen molar-refractivity contribution in [2.45, 2.75) is 52.2 Å². The molecule has 2 rings (SSSR count). The van der Waals surface area contributed by atoms with Gasteiger partial charge in [-0.25, -0.2) is 0 Å². The Hall–Kier alpha value is -2.03. The zero-order chi connectivity index (χ0) is 15.9. The van der Waals surface area contributed by atoms with E-state index >= 15 is 0 Å². The van der Waals surface area contributed by atoms with Gasteiger partial charge in [0.2, 0.25) is 0 Å². The molecule has 3 nitrogen and oxygen atoms in total. The van der Waals surface area contributed by atoms with Crippen LogP contribution < -0.4 is 10.1 Å². The van der Waals surface area contributed by atoms with E-state index in [0.29, 0.717) is 6.42 Å². The van der Waals surface area contributed by atoms with Crippen LogP contribution >= 0.6 is 0 Å². The van der Waals surface area contributed by atoms with Crippen molar-refractivity contribution >= 4 is 16.7 Å². The van der Waals surface area contributed by atoms with E-state index in [2.05, 4.69) is 12.2 Å². The van der Waals surface area contributed by atoms with Crippen molar-refractivity contribution in [1.29, 1.82) is 0 Å². The first-order valence-electron chi connectivity index (χ1n) is 8.10. The highest BCUT2D eigenvalue weighted by atomic mass is 16.5. The summed E-state index contributed by atoms with van der Waals surface area (Å²) in [5, 5.41) is 5.20. The first-order chi connectivity index (χ1) is 10.7. The van der Waals surface area contributed by atoms with Crippen molar-refractivity contribution in [2.24, 2.45) is 0 Å². The number of rotatable bonds is 7. The van der Waals surface area contributed by atoms with Gasteiger partial charge in [-0.3, -0.25) is 4.79 Å². The molecule has 0 saturated carbocycles. The molecule has 0 aliphatic carbocycles. The molecule has 0 aromatic heterocycles. The van der Waals surface area contributed by atoms with Gasteiger partial charge in [0.15, 0.2) is 6.10 Å². The van der Waals surface area contributed by atoms with Crippen LogP contribution in [-0.2, 0) is 4.79 Å². The third-order valence-electron chi connectivity index (χ3n) is 3.79. The molecule has 0 saturated heterocycles. The summed E-state index contributed by atoms with van der Waals surface area (Å²) in [6, 6.07) is 14.2. The Labute approximate surface area is 132 Å². The summed E-state index contributed by atoms with van der Waals surface area (Å²) in [5.74, 6) is 0.736. The number of hydrogen-bond donors (Lipinski definition) is 1. The number of hydrogen-bond acceptors (Lipinski definition) is 2. The number of benzene rings is 2. The molecule has 1 N–H and O–H groups in total. The Morgan fingerprint density at radius 2 is 1.86 bits per heavy atom. The molecule has 2 atom stereocenters. The van der Waals surface area contributed by atoms with Crippen LogP contribution in [0.25, 0.3) is 10.8 Å². The van der Waals surface area contributed by atoms with Crippen molar-refractivity contribution in [1.82, 2.24) is 5.32 Å². The van der Waals surface area contributed by atoms with Crippen LogP contribution in [0.15, 0.2) is 42.5 Å². The molecule has 0 aliphatic rings. The molecule has 118 valence electrons. The summed E-state index contributed by atoms with van der Waals surface area (Å²) in [7, 11) is 0. The lowest BCUT2D eigenvalue weighted by Gasteiger charge is -2.21. The normalized spacial score (nSPS) is 13.6. The zero-order valence-corrected chi connectivity index (χ0v) is 13.6. The van der Waals surface area contributed by atoms with Gasteiger partial charge in [-0.05, 0) is 31.2 Å². The average Bonchev–Trinajstić information content (AvgIpc) is 2.52. The minimum Gasteiger partial charge on any atom is -0.480 e. The summed E-state index contributed by atoms with van der Waals surface area (Å²) in [4.78, 5) is 12.4. The number of nitrogens with one attached hydrogen (secondary N) is 1. The van der Waals surface area contributed by atoms with E-state index in [1.54, 1.807) is 0 Å². The maximum absolute atomic E-state index is 12.4. The van der Waals surface area contributed by atoms with Crippen molar-refractivity contribution in [3.05, 3.63) is 42.5 Å². The molecule has 2 aromatic carbocycles. The third kappa shape index (κ3) is 4.00. The van der Waals surface area contributed by atoms with Crippen LogP contribution in [0.5, 0.6) is 5.75 Å². The Kier molecular flexibility index (Phi) is 5.82. The fraction of sp³-hybridized carbons (Fsp3) is 0.421. The number of carbonyl (C=O) groups excluding carboxylic acids is 1. The van der Waals surface area contributed by atoms with Gasteiger partial charge in [0.25, 0.3) is 5.91 Å². The Balaban J connectivity index is 2.13. The molecule has 0 radical (unpaired) electrons. The zero-order valence-electron chi connectivity index (χ0n) is 13.6. The highest BCUT2D eigenvalue weighted by Crippen LogP contribution is 2.26. The third-order valence-corrected chi connectivity index (χ3v) is 3.79. The largest absolute Gasteiger partial charge is 0.480 e. The predicted octanol–water partition coefficient (Wildman–Crippen LogP) is 4.30. The Bertz CT molecular complexity index is 618. The molecule has 0 fully saturated rings. The predicted molar refractivity (Wildman–Crippen MR) is 91.2 cm³/mol. The summed E-state index contributed by atoms with van der Waals surface area (Å²) in [6.45, 7) is 6.12. The fourth-order valence-electron chi connectivity index (χ4n) is 2.61. The highest BCUT2D eigenvalue weighted by Gasteiger charge is 2.20. The molecule has 0 bridgehead atoms. The van der Waals surface area contributed by atoms with Crippen LogP contribution in [0.2, 0.25) is 0 Å². The molecule has 0 heterocycles. The van der Waals surface area contributed by atoms with Crippen LogP contribution in [0, 0.1) is 0 Å². The summed E-state index contributed by atoms with van der Waals surface area (Å²) >= 11 is 0. The lowest BCUT2D eigenvalue weighted by Crippen LogP contribution is -2.42. The second-order valence-electron chi connectivity index (χ2n) is 5.69. The second kappa shape index (κ2) is 7.83. The molecular weight excluding hydrogens is 274 g/mol. The number of fused-ring (bicyclic) bond motifs is 1. The SMILES string of the molecule is CCCC(C)NC(=O)C(CC)Oc1cccc2ccccc12. The van der Waals surface area contributed by atoms with Crippen molar-refractivity contribution in [3.63, 3.8) is 0 Å². The van der Waals surface area contributed by atoms with Gasteiger partial charge < -0.3 is 10.1 Å². The van der Waals surface area contributed by atoms with Crippen molar-refractivity contribution in [3.8, 4) is 5.75 Å². The molecule has 0 aliphatic heterocycles. The molecule has 22 heavy (non-hydrogen) atoms. The quantitative estimate of drug-likeness (QED) is 0.827. The molecule has 2 unspecified atom stereocenters. The van der Waals surface area contributed by atoms with Crippen LogP contribution in [-0.4, -0.2) is 18.1 Å². The first kappa shape index (κ1) is 16.3. The summed E-state index contributed by atoms with van der Waals surface area (Å²) in [5.41, 5.74) is 0. The number of carbonyl (C=O) groups is 1. The van der Waals surface area contributed by atoms with E-state index in [4.69, 9.17) is 4.74 Å². The van der Waals surface area contributed by atoms with E-state index < -0.39 is 6.10 Å². The molecule has 3 heteroatoms. The lowest BCUT2D eigenvalue weighted by atomic mass is 10.1. The summed E-state index contributed by atoms with van der Waals surface area (Å²) in [6.07, 6.45) is 2.23. The van der Waals surface area contributed by atoms with E-state index in [0.717, 1.165) is 29.4 Å². The maximum atomic E-state index is 12.4. The average molecular weight is 299 g/mol. The lowest BCUT2D eigenvalue weighted by molar-refractivity contribution is -0.128. The molecular formula is C19H25NO2. The van der Waals surface area contributed by atoms with Crippen LogP contribution in [0.3, 0.4) is 0 Å². The monoisotopic (exact) mass is 299 g/mol. The Morgan fingerprint density at radius 3 is 2.59 bits per heavy atom. The van der Waals surface area contributed by atoms with Crippen molar-refractivity contribution in [2.75, 3.05) is 0 Å². The topological polar surface area (TPSA) is 38.3 Å². The summed E-state index contributed by atoms with van der Waals surface area (Å²) < 4.78 is 6.01. The second-order valence-corrected chi connectivity index (χ2v) is 5.69. The van der Waals surface area contributed by atoms with Crippen LogP contribution in [0.1, 0.15) is 40.0 Å². The standard InChI is InChI=1S/C19H25NO2/c1-4-9-14(3)20-19(21)17(5-2)22-18-13-8-11-15-10-6-7-12-16(15)18/h6-8,10-14,17H,4-5,9H2,1-3H3,(H,20,21). The van der Waals surface area contributed by atoms with E-state index in [-0.39, 0.29) is 11.9 Å². The molecule has 2 aromatic rings. The molecule has 1 amide bonds. The van der Waals surface area contributed by atoms with E-state index in [1.807, 2.05) is 56.3 Å². The minimum absolute atomic E-state index is 0.0311. The van der Waals surface area contributed by atoms with E-state index in [1.165, 1.54) is 0 Å². The van der Waals surface area contributed by atoms with Gasteiger partial charge in [-0.1, -0.05) is 56.7 Å². The number of amides is 1. The van der Waals surface area contributed by atoms with Gasteiger partial charge in [0, 0.05) is 11.4 Å². The Morgan fingerprint density at radius 1 is 1.14 bits per heavy atom. The fourth-order valence-corrected chi connectivity index (χ4v) is 2.61. The smallest absolute Gasteiger partial charge is 0.261 e. The van der Waals surface area contributed by atoms with Gasteiger partial charge in [0.05, 0.1) is 0 Å². The van der Waals surface area contributed by atoms with Gasteiger partial charge in [-0.2, -0.15) is 0 Å².